The summed E-state index contributed by atoms with van der Waals surface area (Å²) < 4.78 is 5.02. The van der Waals surface area contributed by atoms with E-state index in [2.05, 4.69) is 29.0 Å². The normalized spacial score (nSPS) is 13.0. The molecule has 0 unspecified atom stereocenters. The molecule has 1 N–H and O–H groups in total. The van der Waals surface area contributed by atoms with Crippen LogP contribution in [0.2, 0.25) is 0 Å². The van der Waals surface area contributed by atoms with Gasteiger partial charge in [-0.3, -0.25) is 5.10 Å². The van der Waals surface area contributed by atoms with E-state index >= 15 is 0 Å². The van der Waals surface area contributed by atoms with Crippen LogP contribution in [0.25, 0.3) is 0 Å². The van der Waals surface area contributed by atoms with Crippen molar-refractivity contribution in [1.82, 2.24) is 15.2 Å². The van der Waals surface area contributed by atoms with Gasteiger partial charge in [-0.15, -0.1) is 5.10 Å². The average molecular weight is 229 g/mol. The number of thioether (sulfide) groups is 1. The lowest BCUT2D eigenvalue weighted by molar-refractivity contribution is 0.193. The van der Waals surface area contributed by atoms with Crippen LogP contribution in [-0.2, 0) is 11.2 Å². The Morgan fingerprint density at radius 2 is 2.33 bits per heavy atom. The molecule has 0 spiro atoms. The van der Waals surface area contributed by atoms with Gasteiger partial charge in [0.2, 0.25) is 5.16 Å². The lowest BCUT2D eigenvalue weighted by Gasteiger charge is -2.07. The van der Waals surface area contributed by atoms with E-state index in [-0.39, 0.29) is 0 Å². The van der Waals surface area contributed by atoms with Gasteiger partial charge in [-0.2, -0.15) is 0 Å². The zero-order valence-corrected chi connectivity index (χ0v) is 10.4. The van der Waals surface area contributed by atoms with Crippen molar-refractivity contribution >= 4 is 11.8 Å². The van der Waals surface area contributed by atoms with Crippen molar-refractivity contribution in [3.05, 3.63) is 5.82 Å². The maximum atomic E-state index is 5.02. The maximum absolute atomic E-state index is 5.02. The summed E-state index contributed by atoms with van der Waals surface area (Å²) in [6, 6.07) is 0. The average Bonchev–Trinajstić information content (AvgIpc) is 2.66. The van der Waals surface area contributed by atoms with Crippen LogP contribution < -0.4 is 0 Å². The first-order valence-corrected chi connectivity index (χ1v) is 6.21. The fourth-order valence-corrected chi connectivity index (χ4v) is 2.15. The van der Waals surface area contributed by atoms with Gasteiger partial charge in [-0.25, -0.2) is 4.98 Å². The van der Waals surface area contributed by atoms with Crippen LogP contribution >= 0.6 is 11.8 Å². The Morgan fingerprint density at radius 3 is 2.93 bits per heavy atom. The second-order valence-corrected chi connectivity index (χ2v) is 4.89. The molecule has 1 rings (SSSR count). The summed E-state index contributed by atoms with van der Waals surface area (Å²) in [7, 11) is 1.74. The minimum absolute atomic E-state index is 0.542. The first-order chi connectivity index (χ1) is 7.26. The van der Waals surface area contributed by atoms with E-state index in [4.69, 9.17) is 4.74 Å². The molecule has 0 aliphatic carbocycles. The van der Waals surface area contributed by atoms with Gasteiger partial charge < -0.3 is 4.74 Å². The molecule has 86 valence electrons. The molecule has 1 heterocycles. The third kappa shape index (κ3) is 4.66. The molecule has 15 heavy (non-hydrogen) atoms. The van der Waals surface area contributed by atoms with Gasteiger partial charge in [-0.05, 0) is 12.8 Å². The molecular weight excluding hydrogens is 210 g/mol. The molecular formula is C10H19N3OS. The third-order valence-corrected chi connectivity index (χ3v) is 3.14. The molecule has 0 fully saturated rings. The lowest BCUT2D eigenvalue weighted by Crippen LogP contribution is -1.99. The predicted octanol–water partition coefficient (Wildman–Crippen LogP) is 2.27. The smallest absolute Gasteiger partial charge is 0.208 e. The summed E-state index contributed by atoms with van der Waals surface area (Å²) in [5, 5.41) is 8.47. The van der Waals surface area contributed by atoms with E-state index in [9.17, 15) is 0 Å². The monoisotopic (exact) mass is 229 g/mol. The van der Waals surface area contributed by atoms with Crippen LogP contribution in [0.1, 0.15) is 32.5 Å². The van der Waals surface area contributed by atoms with Crippen molar-refractivity contribution in [3.8, 4) is 0 Å². The van der Waals surface area contributed by atoms with Crippen LogP contribution in [-0.4, -0.2) is 34.1 Å². The number of H-pyrrole nitrogens is 1. The van der Waals surface area contributed by atoms with E-state index in [1.165, 1.54) is 0 Å². The number of nitrogens with zero attached hydrogens (tertiary/aromatic N) is 2. The Hall–Kier alpha value is -0.550. The number of hydrogen-bond acceptors (Lipinski definition) is 4. The Balaban J connectivity index is 2.27. The summed E-state index contributed by atoms with van der Waals surface area (Å²) in [5.41, 5.74) is 0. The second-order valence-electron chi connectivity index (χ2n) is 3.48. The van der Waals surface area contributed by atoms with E-state index in [0.29, 0.717) is 5.25 Å². The van der Waals surface area contributed by atoms with Crippen molar-refractivity contribution in [3.63, 3.8) is 0 Å². The number of ether oxygens (including phenoxy) is 1. The molecule has 0 aliphatic rings. The van der Waals surface area contributed by atoms with Gasteiger partial charge in [0, 0.05) is 25.4 Å². The van der Waals surface area contributed by atoms with Gasteiger partial charge in [0.15, 0.2) is 0 Å². The molecule has 1 aromatic heterocycles. The first-order valence-electron chi connectivity index (χ1n) is 5.33. The number of aromatic amines is 1. The van der Waals surface area contributed by atoms with Gasteiger partial charge in [0.1, 0.15) is 5.82 Å². The number of aromatic nitrogens is 3. The Morgan fingerprint density at radius 1 is 1.53 bits per heavy atom. The number of methoxy groups -OCH3 is 1. The van der Waals surface area contributed by atoms with E-state index < -0.39 is 0 Å². The summed E-state index contributed by atoms with van der Waals surface area (Å²) >= 11 is 1.72. The quantitative estimate of drug-likeness (QED) is 0.575. The number of aryl methyl sites for hydroxylation is 1. The fourth-order valence-electron chi connectivity index (χ4n) is 1.24. The summed E-state index contributed by atoms with van der Waals surface area (Å²) in [6.07, 6.45) is 3.13. The van der Waals surface area contributed by atoms with Crippen LogP contribution in [0.3, 0.4) is 0 Å². The molecule has 0 amide bonds. The molecule has 0 aliphatic heterocycles. The third-order valence-electron chi connectivity index (χ3n) is 2.11. The Kier molecular flexibility index (Phi) is 5.71. The van der Waals surface area contributed by atoms with Gasteiger partial charge in [0.25, 0.3) is 0 Å². The highest BCUT2D eigenvalue weighted by Crippen LogP contribution is 2.22. The zero-order chi connectivity index (χ0) is 11.1. The molecule has 1 aromatic rings. The first kappa shape index (κ1) is 12.5. The molecule has 5 heteroatoms. The highest BCUT2D eigenvalue weighted by Gasteiger charge is 2.08. The van der Waals surface area contributed by atoms with E-state index in [0.717, 1.165) is 36.9 Å². The fraction of sp³-hybridized carbons (Fsp3) is 0.800. The predicted molar refractivity (Wildman–Crippen MR) is 62.2 cm³/mol. The largest absolute Gasteiger partial charge is 0.385 e. The van der Waals surface area contributed by atoms with E-state index in [1.807, 2.05) is 0 Å². The van der Waals surface area contributed by atoms with Crippen molar-refractivity contribution in [1.29, 1.82) is 0 Å². The Bertz CT molecular complexity index is 277. The van der Waals surface area contributed by atoms with Crippen molar-refractivity contribution in [2.24, 2.45) is 0 Å². The summed E-state index contributed by atoms with van der Waals surface area (Å²) in [4.78, 5) is 4.36. The van der Waals surface area contributed by atoms with Crippen LogP contribution in [0.15, 0.2) is 5.16 Å². The minimum atomic E-state index is 0.542. The molecule has 0 saturated carbocycles. The SMILES string of the molecule is CCc1nc(S[C@@H](C)CCCOC)n[nH]1. The van der Waals surface area contributed by atoms with Gasteiger partial charge >= 0.3 is 0 Å². The lowest BCUT2D eigenvalue weighted by atomic mass is 10.3. The summed E-state index contributed by atoms with van der Waals surface area (Å²) in [5.74, 6) is 0.960. The van der Waals surface area contributed by atoms with Crippen molar-refractivity contribution in [2.45, 2.75) is 43.5 Å². The molecule has 1 atom stereocenters. The highest BCUT2D eigenvalue weighted by molar-refractivity contribution is 7.99. The minimum Gasteiger partial charge on any atom is -0.385 e. The van der Waals surface area contributed by atoms with Crippen LogP contribution in [0.5, 0.6) is 0 Å². The molecule has 0 radical (unpaired) electrons. The molecule has 0 aromatic carbocycles. The summed E-state index contributed by atoms with van der Waals surface area (Å²) in [6.45, 7) is 5.10. The van der Waals surface area contributed by atoms with Crippen LogP contribution in [0.4, 0.5) is 0 Å². The van der Waals surface area contributed by atoms with Crippen molar-refractivity contribution in [2.75, 3.05) is 13.7 Å². The number of hydrogen-bond donors (Lipinski definition) is 1. The van der Waals surface area contributed by atoms with Crippen LogP contribution in [0, 0.1) is 0 Å². The van der Waals surface area contributed by atoms with Gasteiger partial charge in [-0.1, -0.05) is 25.6 Å². The van der Waals surface area contributed by atoms with Gasteiger partial charge in [0.05, 0.1) is 0 Å². The zero-order valence-electron chi connectivity index (χ0n) is 9.62. The Labute approximate surface area is 95.2 Å². The standard InChI is InChI=1S/C10H19N3OS/c1-4-9-11-10(13-12-9)15-8(2)6-5-7-14-3/h8H,4-7H2,1-3H3,(H,11,12,13)/t8-/m0/s1. The number of nitrogens with one attached hydrogen (secondary N) is 1. The molecule has 0 saturated heterocycles. The molecule has 4 nitrogen and oxygen atoms in total. The second kappa shape index (κ2) is 6.85. The maximum Gasteiger partial charge on any atom is 0.208 e. The topological polar surface area (TPSA) is 50.8 Å². The van der Waals surface area contributed by atoms with E-state index in [1.54, 1.807) is 18.9 Å². The molecule has 0 bridgehead atoms. The number of rotatable bonds is 7. The van der Waals surface area contributed by atoms with Crippen molar-refractivity contribution < 1.29 is 4.74 Å². The highest BCUT2D eigenvalue weighted by atomic mass is 32.2.